The maximum atomic E-state index is 14.3. The fourth-order valence-corrected chi connectivity index (χ4v) is 3.47. The molecule has 0 spiro atoms. The highest BCUT2D eigenvalue weighted by Gasteiger charge is 2.20. The largest absolute Gasteiger partial charge is 0.494 e. The molecule has 0 unspecified atom stereocenters. The monoisotopic (exact) mass is 354 g/mol. The first-order valence-corrected chi connectivity index (χ1v) is 8.92. The van der Waals surface area contributed by atoms with Crippen LogP contribution in [0.15, 0.2) is 42.5 Å². The first kappa shape index (κ1) is 17.0. The summed E-state index contributed by atoms with van der Waals surface area (Å²) in [5, 5.41) is 0. The highest BCUT2D eigenvalue weighted by molar-refractivity contribution is 5.74. The van der Waals surface area contributed by atoms with E-state index >= 15 is 0 Å². The van der Waals surface area contributed by atoms with Gasteiger partial charge in [0.05, 0.1) is 24.7 Å². The third-order valence-corrected chi connectivity index (χ3v) is 4.93. The zero-order valence-corrected chi connectivity index (χ0v) is 14.9. The molecule has 6 heteroatoms. The molecule has 0 saturated carbocycles. The molecule has 3 aromatic rings. The second-order valence-corrected chi connectivity index (χ2v) is 6.69. The van der Waals surface area contributed by atoms with Crippen molar-refractivity contribution in [1.82, 2.24) is 19.8 Å². The number of nitrogens with zero attached hydrogens (tertiary/aromatic N) is 3. The highest BCUT2D eigenvalue weighted by Crippen LogP contribution is 2.22. The normalized spacial score (nSPS) is 16.2. The Labute approximate surface area is 152 Å². The van der Waals surface area contributed by atoms with Crippen molar-refractivity contribution in [3.63, 3.8) is 0 Å². The van der Waals surface area contributed by atoms with Crippen molar-refractivity contribution in [2.45, 2.75) is 13.1 Å². The van der Waals surface area contributed by atoms with Crippen molar-refractivity contribution in [3.05, 3.63) is 59.7 Å². The van der Waals surface area contributed by atoms with Gasteiger partial charge in [0.2, 0.25) is 0 Å². The molecule has 2 heterocycles. The van der Waals surface area contributed by atoms with Crippen molar-refractivity contribution in [1.29, 1.82) is 0 Å². The zero-order valence-electron chi connectivity index (χ0n) is 14.9. The van der Waals surface area contributed by atoms with Crippen LogP contribution in [-0.2, 0) is 13.1 Å². The number of fused-ring (bicyclic) bond motifs is 1. The van der Waals surface area contributed by atoms with Crippen LogP contribution in [-0.4, -0.2) is 53.1 Å². The van der Waals surface area contributed by atoms with E-state index in [9.17, 15) is 4.39 Å². The minimum Gasteiger partial charge on any atom is -0.494 e. The van der Waals surface area contributed by atoms with Crippen LogP contribution in [0, 0.1) is 5.82 Å². The van der Waals surface area contributed by atoms with Gasteiger partial charge in [-0.2, -0.15) is 0 Å². The number of methoxy groups -OCH3 is 1. The minimum absolute atomic E-state index is 0.250. The third-order valence-electron chi connectivity index (χ3n) is 4.93. The van der Waals surface area contributed by atoms with Gasteiger partial charge in [0.1, 0.15) is 5.82 Å². The van der Waals surface area contributed by atoms with E-state index in [1.165, 1.54) is 7.11 Å². The summed E-state index contributed by atoms with van der Waals surface area (Å²) >= 11 is 0. The van der Waals surface area contributed by atoms with Crippen LogP contribution in [0.25, 0.3) is 11.0 Å². The van der Waals surface area contributed by atoms with Crippen LogP contribution < -0.4 is 4.74 Å². The highest BCUT2D eigenvalue weighted by atomic mass is 19.1. The fourth-order valence-electron chi connectivity index (χ4n) is 3.47. The summed E-state index contributed by atoms with van der Waals surface area (Å²) in [5.74, 6) is 1.06. The Kier molecular flexibility index (Phi) is 4.86. The molecule has 26 heavy (non-hydrogen) atoms. The van der Waals surface area contributed by atoms with Gasteiger partial charge in [-0.05, 0) is 18.2 Å². The molecule has 1 aliphatic heterocycles. The van der Waals surface area contributed by atoms with Crippen LogP contribution in [0.5, 0.6) is 5.75 Å². The summed E-state index contributed by atoms with van der Waals surface area (Å²) in [5.41, 5.74) is 2.78. The second-order valence-electron chi connectivity index (χ2n) is 6.69. The summed E-state index contributed by atoms with van der Waals surface area (Å²) < 4.78 is 19.4. The topological polar surface area (TPSA) is 44.4 Å². The van der Waals surface area contributed by atoms with Gasteiger partial charge in [0.25, 0.3) is 0 Å². The average molecular weight is 354 g/mol. The van der Waals surface area contributed by atoms with E-state index < -0.39 is 0 Å². The van der Waals surface area contributed by atoms with Crippen molar-refractivity contribution in [2.75, 3.05) is 33.3 Å². The van der Waals surface area contributed by atoms with Gasteiger partial charge in [-0.15, -0.1) is 0 Å². The Morgan fingerprint density at radius 2 is 1.73 bits per heavy atom. The van der Waals surface area contributed by atoms with Gasteiger partial charge in [-0.3, -0.25) is 9.80 Å². The summed E-state index contributed by atoms with van der Waals surface area (Å²) in [6.07, 6.45) is 0. The molecule has 1 aliphatic rings. The van der Waals surface area contributed by atoms with Crippen molar-refractivity contribution < 1.29 is 9.13 Å². The number of piperazine rings is 1. The predicted molar refractivity (Wildman–Crippen MR) is 99.6 cm³/mol. The van der Waals surface area contributed by atoms with Crippen LogP contribution in [0.1, 0.15) is 11.4 Å². The summed E-state index contributed by atoms with van der Waals surface area (Å²) in [6, 6.07) is 13.4. The molecule has 0 amide bonds. The SMILES string of the molecule is COc1cccc(CN2CCN(Cc3nc4ccccc4[nH]3)CC2)c1F. The van der Waals surface area contributed by atoms with Gasteiger partial charge in [0, 0.05) is 38.3 Å². The molecular weight excluding hydrogens is 331 g/mol. The minimum atomic E-state index is -0.250. The predicted octanol–water partition coefficient (Wildman–Crippen LogP) is 3.03. The van der Waals surface area contributed by atoms with E-state index in [0.717, 1.165) is 49.6 Å². The molecule has 1 fully saturated rings. The second kappa shape index (κ2) is 7.43. The van der Waals surface area contributed by atoms with Crippen molar-refractivity contribution in [3.8, 4) is 5.75 Å². The van der Waals surface area contributed by atoms with Gasteiger partial charge in [-0.1, -0.05) is 24.3 Å². The maximum absolute atomic E-state index is 14.3. The van der Waals surface area contributed by atoms with Crippen molar-refractivity contribution >= 4 is 11.0 Å². The number of para-hydroxylation sites is 2. The zero-order chi connectivity index (χ0) is 17.9. The summed E-state index contributed by atoms with van der Waals surface area (Å²) in [7, 11) is 1.50. The maximum Gasteiger partial charge on any atom is 0.169 e. The van der Waals surface area contributed by atoms with E-state index in [-0.39, 0.29) is 5.82 Å². The number of halogens is 1. The molecule has 1 N–H and O–H groups in total. The molecule has 0 bridgehead atoms. The molecule has 136 valence electrons. The third kappa shape index (κ3) is 3.57. The summed E-state index contributed by atoms with van der Waals surface area (Å²) in [6.45, 7) is 5.15. The molecule has 1 saturated heterocycles. The Morgan fingerprint density at radius 3 is 2.46 bits per heavy atom. The van der Waals surface area contributed by atoms with Gasteiger partial charge in [-0.25, -0.2) is 9.37 Å². The number of aromatic nitrogens is 2. The van der Waals surface area contributed by atoms with Gasteiger partial charge < -0.3 is 9.72 Å². The van der Waals surface area contributed by atoms with E-state index in [2.05, 4.69) is 19.8 Å². The van der Waals surface area contributed by atoms with E-state index in [4.69, 9.17) is 4.74 Å². The van der Waals surface area contributed by atoms with E-state index in [0.29, 0.717) is 17.9 Å². The molecule has 0 aliphatic carbocycles. The lowest BCUT2D eigenvalue weighted by Crippen LogP contribution is -2.45. The number of imidazole rings is 1. The number of hydrogen-bond donors (Lipinski definition) is 1. The summed E-state index contributed by atoms with van der Waals surface area (Å²) in [4.78, 5) is 12.7. The van der Waals surface area contributed by atoms with E-state index in [1.54, 1.807) is 6.07 Å². The molecule has 5 nitrogen and oxygen atoms in total. The molecular formula is C20H23FN4O. The number of H-pyrrole nitrogens is 1. The fraction of sp³-hybridized carbons (Fsp3) is 0.350. The standard InChI is InChI=1S/C20H23FN4O/c1-26-18-8-4-5-15(20(18)21)13-24-9-11-25(12-10-24)14-19-22-16-6-2-3-7-17(16)23-19/h2-8H,9-14H2,1H3,(H,22,23). The number of rotatable bonds is 5. The van der Waals surface area contributed by atoms with Crippen LogP contribution in [0.4, 0.5) is 4.39 Å². The quantitative estimate of drug-likeness (QED) is 0.765. The molecule has 4 rings (SSSR count). The number of benzene rings is 2. The average Bonchev–Trinajstić information content (AvgIpc) is 3.07. The lowest BCUT2D eigenvalue weighted by Gasteiger charge is -2.34. The van der Waals surface area contributed by atoms with Crippen LogP contribution >= 0.6 is 0 Å². The smallest absolute Gasteiger partial charge is 0.169 e. The van der Waals surface area contributed by atoms with Gasteiger partial charge >= 0.3 is 0 Å². The number of hydrogen-bond acceptors (Lipinski definition) is 4. The lowest BCUT2D eigenvalue weighted by atomic mass is 10.1. The number of aromatic amines is 1. The molecule has 2 aromatic carbocycles. The molecule has 0 radical (unpaired) electrons. The molecule has 1 aromatic heterocycles. The van der Waals surface area contributed by atoms with Crippen LogP contribution in [0.3, 0.4) is 0 Å². The number of ether oxygens (including phenoxy) is 1. The Hall–Kier alpha value is -2.44. The Bertz CT molecular complexity index is 853. The van der Waals surface area contributed by atoms with E-state index in [1.807, 2.05) is 36.4 Å². The molecule has 0 atom stereocenters. The first-order valence-electron chi connectivity index (χ1n) is 8.92. The van der Waals surface area contributed by atoms with Gasteiger partial charge in [0.15, 0.2) is 11.6 Å². The lowest BCUT2D eigenvalue weighted by molar-refractivity contribution is 0.119. The Balaban J connectivity index is 1.34. The Morgan fingerprint density at radius 1 is 1.00 bits per heavy atom. The number of nitrogens with one attached hydrogen (secondary N) is 1. The van der Waals surface area contributed by atoms with Crippen LogP contribution in [0.2, 0.25) is 0 Å². The van der Waals surface area contributed by atoms with Crippen molar-refractivity contribution in [2.24, 2.45) is 0 Å². The first-order chi connectivity index (χ1) is 12.7.